The van der Waals surface area contributed by atoms with Crippen LogP contribution in [0.25, 0.3) is 0 Å². The van der Waals surface area contributed by atoms with E-state index in [4.69, 9.17) is 9.47 Å². The van der Waals surface area contributed by atoms with Gasteiger partial charge in [-0.15, -0.1) is 0 Å². The van der Waals surface area contributed by atoms with Gasteiger partial charge in [0.25, 0.3) is 0 Å². The van der Waals surface area contributed by atoms with E-state index in [1.54, 1.807) is 7.11 Å². The van der Waals surface area contributed by atoms with Gasteiger partial charge in [-0.25, -0.2) is 4.79 Å². The van der Waals surface area contributed by atoms with Gasteiger partial charge in [0, 0.05) is 11.8 Å². The van der Waals surface area contributed by atoms with Crippen molar-refractivity contribution in [3.8, 4) is 5.75 Å². The number of rotatable bonds is 9. The van der Waals surface area contributed by atoms with Gasteiger partial charge in [-0.05, 0) is 25.5 Å². The highest BCUT2D eigenvalue weighted by molar-refractivity contribution is 5.84. The van der Waals surface area contributed by atoms with Gasteiger partial charge in [0.2, 0.25) is 0 Å². The first-order chi connectivity index (χ1) is 10.1. The lowest BCUT2D eigenvalue weighted by Crippen LogP contribution is -2.44. The predicted molar refractivity (Wildman–Crippen MR) is 85.8 cm³/mol. The fourth-order valence-corrected chi connectivity index (χ4v) is 2.37. The molecule has 0 fully saturated rings. The Morgan fingerprint density at radius 1 is 1.24 bits per heavy atom. The van der Waals surface area contributed by atoms with Gasteiger partial charge in [-0.2, -0.15) is 0 Å². The zero-order valence-corrected chi connectivity index (χ0v) is 13.6. The molecule has 1 N–H and O–H groups in total. The van der Waals surface area contributed by atoms with Crippen LogP contribution in [-0.2, 0) is 9.53 Å². The van der Waals surface area contributed by atoms with Gasteiger partial charge in [0.05, 0.1) is 14.2 Å². The minimum Gasteiger partial charge on any atom is -0.497 e. The van der Waals surface area contributed by atoms with Crippen LogP contribution in [0, 0.1) is 0 Å². The van der Waals surface area contributed by atoms with Crippen molar-refractivity contribution < 1.29 is 14.3 Å². The van der Waals surface area contributed by atoms with Gasteiger partial charge in [0.15, 0.2) is 0 Å². The number of nitrogens with one attached hydrogen (secondary N) is 1. The Morgan fingerprint density at radius 2 is 2.00 bits per heavy atom. The van der Waals surface area contributed by atoms with Gasteiger partial charge >= 0.3 is 5.97 Å². The van der Waals surface area contributed by atoms with Crippen molar-refractivity contribution in [2.75, 3.05) is 19.5 Å². The monoisotopic (exact) mass is 293 g/mol. The Hall–Kier alpha value is -1.71. The predicted octanol–water partition coefficient (Wildman–Crippen LogP) is 4.01. The minimum absolute atomic E-state index is 0.234. The number of anilines is 1. The highest BCUT2D eigenvalue weighted by atomic mass is 16.5. The molecule has 0 aromatic heterocycles. The van der Waals surface area contributed by atoms with Crippen LogP contribution in [0.4, 0.5) is 5.69 Å². The lowest BCUT2D eigenvalue weighted by atomic mass is 9.93. The van der Waals surface area contributed by atoms with Crippen molar-refractivity contribution in [1.82, 2.24) is 0 Å². The normalized spacial score (nSPS) is 13.3. The van der Waals surface area contributed by atoms with Crippen molar-refractivity contribution in [1.29, 1.82) is 0 Å². The van der Waals surface area contributed by atoms with Gasteiger partial charge in [-0.3, -0.25) is 0 Å². The summed E-state index contributed by atoms with van der Waals surface area (Å²) in [6.07, 6.45) is 5.24. The Kier molecular flexibility index (Phi) is 7.06. The average Bonchev–Trinajstić information content (AvgIpc) is 2.51. The quantitative estimate of drug-likeness (QED) is 0.552. The first kappa shape index (κ1) is 17.3. The van der Waals surface area contributed by atoms with E-state index in [0.29, 0.717) is 0 Å². The van der Waals surface area contributed by atoms with E-state index in [9.17, 15) is 4.79 Å². The summed E-state index contributed by atoms with van der Waals surface area (Å²) in [6, 6.07) is 7.58. The average molecular weight is 293 g/mol. The summed E-state index contributed by atoms with van der Waals surface area (Å²) < 4.78 is 10.2. The van der Waals surface area contributed by atoms with E-state index in [-0.39, 0.29) is 5.97 Å². The van der Waals surface area contributed by atoms with Crippen molar-refractivity contribution in [2.45, 2.75) is 51.5 Å². The highest BCUT2D eigenvalue weighted by Gasteiger charge is 2.33. The van der Waals surface area contributed by atoms with Crippen LogP contribution in [0.3, 0.4) is 0 Å². The third kappa shape index (κ3) is 5.29. The maximum atomic E-state index is 12.1. The van der Waals surface area contributed by atoms with Crippen LogP contribution in [0.2, 0.25) is 0 Å². The molecule has 1 rings (SSSR count). The molecule has 0 saturated heterocycles. The smallest absolute Gasteiger partial charge is 0.331 e. The molecule has 4 nitrogen and oxygen atoms in total. The number of carbonyl (C=O) groups is 1. The standard InChI is InChI=1S/C17H27NO3/c1-5-6-7-8-12-17(2,16(19)21-4)18-14-10-9-11-15(13-14)20-3/h9-11,13,18H,5-8,12H2,1-4H3. The largest absolute Gasteiger partial charge is 0.497 e. The van der Waals surface area contributed by atoms with E-state index >= 15 is 0 Å². The lowest BCUT2D eigenvalue weighted by Gasteiger charge is -2.29. The van der Waals surface area contributed by atoms with E-state index in [2.05, 4.69) is 12.2 Å². The number of ether oxygens (including phenoxy) is 2. The fraction of sp³-hybridized carbons (Fsp3) is 0.588. The molecule has 4 heteroatoms. The fourth-order valence-electron chi connectivity index (χ4n) is 2.37. The van der Waals surface area contributed by atoms with Crippen molar-refractivity contribution >= 4 is 11.7 Å². The lowest BCUT2D eigenvalue weighted by molar-refractivity contribution is -0.145. The summed E-state index contributed by atoms with van der Waals surface area (Å²) in [5.41, 5.74) is 0.146. The second-order valence-electron chi connectivity index (χ2n) is 5.49. The van der Waals surface area contributed by atoms with Gasteiger partial charge in [-0.1, -0.05) is 38.7 Å². The van der Waals surface area contributed by atoms with E-state index in [0.717, 1.165) is 30.7 Å². The Labute approximate surface area is 127 Å². The first-order valence-corrected chi connectivity index (χ1v) is 7.56. The van der Waals surface area contributed by atoms with Crippen molar-refractivity contribution in [2.24, 2.45) is 0 Å². The van der Waals surface area contributed by atoms with Crippen molar-refractivity contribution in [3.05, 3.63) is 24.3 Å². The molecule has 1 atom stereocenters. The summed E-state index contributed by atoms with van der Waals surface area (Å²) in [5, 5.41) is 3.30. The first-order valence-electron chi connectivity index (χ1n) is 7.56. The third-order valence-corrected chi connectivity index (χ3v) is 3.66. The van der Waals surface area contributed by atoms with E-state index < -0.39 is 5.54 Å². The van der Waals surface area contributed by atoms with Crippen LogP contribution in [0.1, 0.15) is 46.0 Å². The summed E-state index contributed by atoms with van der Waals surface area (Å²) >= 11 is 0. The summed E-state index contributed by atoms with van der Waals surface area (Å²) in [6.45, 7) is 4.07. The van der Waals surface area contributed by atoms with Crippen LogP contribution < -0.4 is 10.1 Å². The topological polar surface area (TPSA) is 47.6 Å². The number of esters is 1. The molecule has 1 unspecified atom stereocenters. The zero-order valence-electron chi connectivity index (χ0n) is 13.6. The molecule has 1 aromatic rings. The molecule has 0 saturated carbocycles. The van der Waals surface area contributed by atoms with Gasteiger partial charge in [0.1, 0.15) is 11.3 Å². The molecule has 0 aliphatic carbocycles. The SMILES string of the molecule is CCCCCCC(C)(Nc1cccc(OC)c1)C(=O)OC. The van der Waals surface area contributed by atoms with Crippen LogP contribution in [-0.4, -0.2) is 25.7 Å². The second-order valence-corrected chi connectivity index (χ2v) is 5.49. The van der Waals surface area contributed by atoms with Crippen LogP contribution in [0.5, 0.6) is 5.75 Å². The molecular weight excluding hydrogens is 266 g/mol. The summed E-state index contributed by atoms with van der Waals surface area (Å²) in [5.74, 6) is 0.528. The molecule has 0 amide bonds. The molecule has 21 heavy (non-hydrogen) atoms. The van der Waals surface area contributed by atoms with E-state index in [1.807, 2.05) is 31.2 Å². The highest BCUT2D eigenvalue weighted by Crippen LogP contribution is 2.25. The maximum absolute atomic E-state index is 12.1. The molecule has 118 valence electrons. The summed E-state index contributed by atoms with van der Waals surface area (Å²) in [4.78, 5) is 12.1. The number of hydrogen-bond acceptors (Lipinski definition) is 4. The minimum atomic E-state index is -0.713. The van der Waals surface area contributed by atoms with Crippen molar-refractivity contribution in [3.63, 3.8) is 0 Å². The Bertz CT molecular complexity index is 447. The van der Waals surface area contributed by atoms with Crippen LogP contribution >= 0.6 is 0 Å². The van der Waals surface area contributed by atoms with Crippen LogP contribution in [0.15, 0.2) is 24.3 Å². The second kappa shape index (κ2) is 8.55. The third-order valence-electron chi connectivity index (χ3n) is 3.66. The van der Waals surface area contributed by atoms with Gasteiger partial charge < -0.3 is 14.8 Å². The molecule has 0 aliphatic heterocycles. The number of unbranched alkanes of at least 4 members (excludes halogenated alkanes) is 3. The number of hydrogen-bond donors (Lipinski definition) is 1. The molecule has 0 aliphatic rings. The number of benzene rings is 1. The molecule has 0 radical (unpaired) electrons. The van der Waals surface area contributed by atoms with E-state index in [1.165, 1.54) is 20.0 Å². The Morgan fingerprint density at radius 3 is 2.62 bits per heavy atom. The number of methoxy groups -OCH3 is 2. The summed E-state index contributed by atoms with van der Waals surface area (Å²) in [7, 11) is 3.06. The Balaban J connectivity index is 2.78. The molecule has 0 heterocycles. The molecule has 0 spiro atoms. The number of carbonyl (C=O) groups excluding carboxylic acids is 1. The maximum Gasteiger partial charge on any atom is 0.331 e. The molecular formula is C17H27NO3. The molecule has 0 bridgehead atoms. The molecule has 1 aromatic carbocycles. The zero-order chi connectivity index (χ0) is 15.7.